The van der Waals surface area contributed by atoms with Crippen LogP contribution in [0.1, 0.15) is 29.8 Å². The maximum atomic E-state index is 13.0. The number of carbonyl (C=O) groups is 1. The Balaban J connectivity index is 3.33. The van der Waals surface area contributed by atoms with Gasteiger partial charge in [-0.1, -0.05) is 13.0 Å². The smallest absolute Gasteiger partial charge is 0.418 e. The highest BCUT2D eigenvalue weighted by Gasteiger charge is 2.38. The zero-order valence-corrected chi connectivity index (χ0v) is 10.8. The van der Waals surface area contributed by atoms with Crippen molar-refractivity contribution in [2.45, 2.75) is 24.9 Å². The number of ether oxygens (including phenoxy) is 1. The molecule has 18 heavy (non-hydrogen) atoms. The average Bonchev–Trinajstić information content (AvgIpc) is 2.28. The van der Waals surface area contributed by atoms with Gasteiger partial charge in [-0.15, -0.1) is 11.8 Å². The molecule has 0 bridgehead atoms. The van der Waals surface area contributed by atoms with Crippen molar-refractivity contribution in [3.63, 3.8) is 0 Å². The number of hydrogen-bond donors (Lipinski definition) is 0. The van der Waals surface area contributed by atoms with Gasteiger partial charge < -0.3 is 4.74 Å². The molecule has 6 heteroatoms. The molecule has 0 unspecified atom stereocenters. The van der Waals surface area contributed by atoms with E-state index in [1.165, 1.54) is 12.1 Å². The fraction of sp³-hybridized carbons (Fsp3) is 0.417. The second-order valence-corrected chi connectivity index (χ2v) is 4.64. The highest BCUT2D eigenvalue weighted by molar-refractivity contribution is 7.99. The Bertz CT molecular complexity index is 430. The van der Waals surface area contributed by atoms with Crippen molar-refractivity contribution in [3.8, 4) is 0 Å². The van der Waals surface area contributed by atoms with Crippen LogP contribution in [-0.2, 0) is 10.9 Å². The first-order chi connectivity index (χ1) is 8.41. The van der Waals surface area contributed by atoms with Gasteiger partial charge in [0.25, 0.3) is 0 Å². The molecule has 0 saturated heterocycles. The van der Waals surface area contributed by atoms with Gasteiger partial charge in [-0.2, -0.15) is 13.2 Å². The first-order valence-corrected chi connectivity index (χ1v) is 6.40. The molecule has 0 aliphatic carbocycles. The standard InChI is InChI=1S/C12H13F3O2S/c1-3-17-11(16)8-6-5-7-9(18-4-2)10(8)12(13,14)15/h5-7H,3-4H2,1-2H3. The molecule has 0 aliphatic rings. The van der Waals surface area contributed by atoms with Crippen molar-refractivity contribution >= 4 is 17.7 Å². The monoisotopic (exact) mass is 278 g/mol. The minimum absolute atomic E-state index is 0.0429. The van der Waals surface area contributed by atoms with Crippen LogP contribution in [0.4, 0.5) is 13.2 Å². The van der Waals surface area contributed by atoms with Crippen molar-refractivity contribution in [1.29, 1.82) is 0 Å². The molecule has 1 rings (SSSR count). The first-order valence-electron chi connectivity index (χ1n) is 5.41. The summed E-state index contributed by atoms with van der Waals surface area (Å²) < 4.78 is 43.7. The van der Waals surface area contributed by atoms with E-state index in [-0.39, 0.29) is 11.5 Å². The number of halogens is 3. The van der Waals surface area contributed by atoms with Crippen molar-refractivity contribution < 1.29 is 22.7 Å². The van der Waals surface area contributed by atoms with Gasteiger partial charge in [-0.25, -0.2) is 4.79 Å². The second kappa shape index (κ2) is 6.13. The van der Waals surface area contributed by atoms with E-state index in [1.54, 1.807) is 13.8 Å². The lowest BCUT2D eigenvalue weighted by atomic mass is 10.1. The van der Waals surface area contributed by atoms with E-state index in [9.17, 15) is 18.0 Å². The molecule has 0 heterocycles. The number of rotatable bonds is 4. The predicted octanol–water partition coefficient (Wildman–Crippen LogP) is 3.99. The maximum Gasteiger partial charge on any atom is 0.418 e. The highest BCUT2D eigenvalue weighted by atomic mass is 32.2. The van der Waals surface area contributed by atoms with E-state index in [2.05, 4.69) is 4.74 Å². The Labute approximate surface area is 108 Å². The van der Waals surface area contributed by atoms with E-state index < -0.39 is 23.3 Å². The van der Waals surface area contributed by atoms with Gasteiger partial charge in [0.05, 0.1) is 17.7 Å². The number of carbonyl (C=O) groups excluding carboxylic acids is 1. The maximum absolute atomic E-state index is 13.0. The van der Waals surface area contributed by atoms with Gasteiger partial charge in [0.15, 0.2) is 0 Å². The molecule has 2 nitrogen and oxygen atoms in total. The Morgan fingerprint density at radius 1 is 1.33 bits per heavy atom. The Hall–Kier alpha value is -1.17. The van der Waals surface area contributed by atoms with Crippen molar-refractivity contribution in [3.05, 3.63) is 29.3 Å². The number of esters is 1. The van der Waals surface area contributed by atoms with Crippen molar-refractivity contribution in [2.75, 3.05) is 12.4 Å². The molecule has 1 aromatic carbocycles. The molecule has 0 aliphatic heterocycles. The van der Waals surface area contributed by atoms with E-state index >= 15 is 0 Å². The summed E-state index contributed by atoms with van der Waals surface area (Å²) in [5.74, 6) is -0.446. The fourth-order valence-electron chi connectivity index (χ4n) is 1.48. The molecule has 0 atom stereocenters. The Morgan fingerprint density at radius 2 is 2.00 bits per heavy atom. The molecule has 0 radical (unpaired) electrons. The van der Waals surface area contributed by atoms with E-state index in [1.807, 2.05) is 0 Å². The van der Waals surface area contributed by atoms with Crippen molar-refractivity contribution in [1.82, 2.24) is 0 Å². The lowest BCUT2D eigenvalue weighted by molar-refractivity contribution is -0.140. The second-order valence-electron chi connectivity index (χ2n) is 3.33. The third kappa shape index (κ3) is 3.41. The summed E-state index contributed by atoms with van der Waals surface area (Å²) in [6.45, 7) is 3.35. The summed E-state index contributed by atoms with van der Waals surface area (Å²) in [7, 11) is 0. The van der Waals surface area contributed by atoms with E-state index in [0.29, 0.717) is 5.75 Å². The molecule has 0 saturated carbocycles. The molecular weight excluding hydrogens is 265 g/mol. The molecule has 0 spiro atoms. The number of thioether (sulfide) groups is 1. The lowest BCUT2D eigenvalue weighted by Crippen LogP contribution is -2.16. The summed E-state index contributed by atoms with van der Waals surface area (Å²) in [5, 5.41) is 0. The van der Waals surface area contributed by atoms with Gasteiger partial charge in [0, 0.05) is 4.90 Å². The van der Waals surface area contributed by atoms with E-state index in [0.717, 1.165) is 17.8 Å². The van der Waals surface area contributed by atoms with E-state index in [4.69, 9.17) is 0 Å². The van der Waals surface area contributed by atoms with Crippen LogP contribution in [0.15, 0.2) is 23.1 Å². The molecule has 100 valence electrons. The molecule has 1 aromatic rings. The number of hydrogen-bond acceptors (Lipinski definition) is 3. The summed E-state index contributed by atoms with van der Waals surface area (Å²) in [4.78, 5) is 11.6. The normalized spacial score (nSPS) is 11.4. The predicted molar refractivity (Wildman–Crippen MR) is 63.8 cm³/mol. The molecule has 0 amide bonds. The fourth-order valence-corrected chi connectivity index (χ4v) is 2.33. The van der Waals surface area contributed by atoms with Gasteiger partial charge in [0.1, 0.15) is 0 Å². The summed E-state index contributed by atoms with van der Waals surface area (Å²) in [6.07, 6.45) is -4.57. The minimum Gasteiger partial charge on any atom is -0.462 e. The minimum atomic E-state index is -4.57. The number of alkyl halides is 3. The van der Waals surface area contributed by atoms with Crippen LogP contribution >= 0.6 is 11.8 Å². The van der Waals surface area contributed by atoms with Crippen LogP contribution in [0.3, 0.4) is 0 Å². The van der Waals surface area contributed by atoms with Crippen molar-refractivity contribution in [2.24, 2.45) is 0 Å². The van der Waals surface area contributed by atoms with Crippen LogP contribution in [0.5, 0.6) is 0 Å². The average molecular weight is 278 g/mol. The summed E-state index contributed by atoms with van der Waals surface area (Å²) >= 11 is 1.05. The SMILES string of the molecule is CCOC(=O)c1cccc(SCC)c1C(F)(F)F. The van der Waals surface area contributed by atoms with Crippen LogP contribution < -0.4 is 0 Å². The van der Waals surface area contributed by atoms with Crippen LogP contribution in [0, 0.1) is 0 Å². The largest absolute Gasteiger partial charge is 0.462 e. The molecular formula is C12H13F3O2S. The molecule has 0 N–H and O–H groups in total. The zero-order valence-electron chi connectivity index (χ0n) is 10.0. The van der Waals surface area contributed by atoms with Gasteiger partial charge >= 0.3 is 12.1 Å². The number of benzene rings is 1. The third-order valence-electron chi connectivity index (χ3n) is 2.10. The third-order valence-corrected chi connectivity index (χ3v) is 3.04. The van der Waals surface area contributed by atoms with Crippen LogP contribution in [0.25, 0.3) is 0 Å². The summed E-state index contributed by atoms with van der Waals surface area (Å²) in [5.41, 5.74) is -1.34. The van der Waals surface area contributed by atoms with Gasteiger partial charge in [0.2, 0.25) is 0 Å². The Morgan fingerprint density at radius 3 is 2.50 bits per heavy atom. The zero-order chi connectivity index (χ0) is 13.8. The van der Waals surface area contributed by atoms with Crippen LogP contribution in [0.2, 0.25) is 0 Å². The first kappa shape index (κ1) is 14.9. The van der Waals surface area contributed by atoms with Gasteiger partial charge in [-0.05, 0) is 24.8 Å². The van der Waals surface area contributed by atoms with Crippen LogP contribution in [-0.4, -0.2) is 18.3 Å². The molecule has 0 aromatic heterocycles. The topological polar surface area (TPSA) is 26.3 Å². The highest BCUT2D eigenvalue weighted by Crippen LogP contribution is 2.39. The quantitative estimate of drug-likeness (QED) is 0.615. The van der Waals surface area contributed by atoms with Gasteiger partial charge in [-0.3, -0.25) is 0 Å². The summed E-state index contributed by atoms with van der Waals surface area (Å²) in [6, 6.07) is 3.93. The lowest BCUT2D eigenvalue weighted by Gasteiger charge is -2.15. The Kier molecular flexibility index (Phi) is 5.07. The molecule has 0 fully saturated rings.